The minimum atomic E-state index is -1.18. The van der Waals surface area contributed by atoms with Gasteiger partial charge in [-0.25, -0.2) is 4.98 Å². The molecule has 0 fully saturated rings. The van der Waals surface area contributed by atoms with E-state index in [1.807, 2.05) is 0 Å². The van der Waals surface area contributed by atoms with Gasteiger partial charge in [0.2, 0.25) is 5.88 Å². The highest BCUT2D eigenvalue weighted by molar-refractivity contribution is 5.43. The summed E-state index contributed by atoms with van der Waals surface area (Å²) in [5, 5.41) is 28.0. The Morgan fingerprint density at radius 1 is 1.50 bits per heavy atom. The minimum absolute atomic E-state index is 0.0686. The van der Waals surface area contributed by atoms with E-state index >= 15 is 0 Å². The predicted molar refractivity (Wildman–Crippen MR) is 57.9 cm³/mol. The van der Waals surface area contributed by atoms with E-state index in [2.05, 4.69) is 4.98 Å². The first-order valence-corrected chi connectivity index (χ1v) is 4.86. The van der Waals surface area contributed by atoms with Crippen LogP contribution < -0.4 is 10.5 Å². The Balaban J connectivity index is 2.96. The standard InChI is InChI=1S/C10H16N2O4/c1-16-10-7(4-6(11)5-12-10)9(15)8(14)2-3-13/h4-5,8-9,13-15H,2-3,11H2,1H3. The highest BCUT2D eigenvalue weighted by Gasteiger charge is 2.22. The smallest absolute Gasteiger partial charge is 0.219 e. The Morgan fingerprint density at radius 2 is 2.19 bits per heavy atom. The molecule has 0 spiro atoms. The van der Waals surface area contributed by atoms with E-state index in [9.17, 15) is 10.2 Å². The first-order chi connectivity index (χ1) is 7.60. The maximum absolute atomic E-state index is 9.82. The summed E-state index contributed by atoms with van der Waals surface area (Å²) in [6.07, 6.45) is -0.798. The van der Waals surface area contributed by atoms with Crippen molar-refractivity contribution in [1.29, 1.82) is 0 Å². The molecule has 0 aliphatic heterocycles. The van der Waals surface area contributed by atoms with Crippen LogP contribution in [0, 0.1) is 0 Å². The first-order valence-electron chi connectivity index (χ1n) is 4.86. The van der Waals surface area contributed by atoms with Crippen molar-refractivity contribution >= 4 is 5.69 Å². The van der Waals surface area contributed by atoms with Crippen molar-refractivity contribution in [1.82, 2.24) is 4.98 Å². The molecule has 0 aliphatic carbocycles. The number of nitrogen functional groups attached to an aromatic ring is 1. The summed E-state index contributed by atoms with van der Waals surface area (Å²) in [6, 6.07) is 1.48. The summed E-state index contributed by atoms with van der Waals surface area (Å²) in [6.45, 7) is -0.212. The minimum Gasteiger partial charge on any atom is -0.481 e. The van der Waals surface area contributed by atoms with Crippen LogP contribution in [0.15, 0.2) is 12.3 Å². The molecule has 0 amide bonds. The van der Waals surface area contributed by atoms with Crippen LogP contribution in [0.1, 0.15) is 18.1 Å². The van der Waals surface area contributed by atoms with Gasteiger partial charge in [-0.05, 0) is 12.5 Å². The van der Waals surface area contributed by atoms with Crippen LogP contribution >= 0.6 is 0 Å². The van der Waals surface area contributed by atoms with Gasteiger partial charge in [0, 0.05) is 12.2 Å². The van der Waals surface area contributed by atoms with E-state index in [4.69, 9.17) is 15.6 Å². The van der Waals surface area contributed by atoms with Gasteiger partial charge in [-0.1, -0.05) is 0 Å². The fraction of sp³-hybridized carbons (Fsp3) is 0.500. The maximum atomic E-state index is 9.82. The second-order valence-electron chi connectivity index (χ2n) is 3.39. The monoisotopic (exact) mass is 228 g/mol. The number of anilines is 1. The number of rotatable bonds is 5. The molecule has 0 radical (unpaired) electrons. The lowest BCUT2D eigenvalue weighted by Gasteiger charge is -2.19. The number of nitrogens with zero attached hydrogens (tertiary/aromatic N) is 1. The Labute approximate surface area is 93.3 Å². The first kappa shape index (κ1) is 12.7. The molecule has 0 saturated heterocycles. The third kappa shape index (κ3) is 2.82. The van der Waals surface area contributed by atoms with Crippen molar-refractivity contribution in [2.24, 2.45) is 0 Å². The number of hydrogen-bond donors (Lipinski definition) is 4. The highest BCUT2D eigenvalue weighted by atomic mass is 16.5. The van der Waals surface area contributed by atoms with Gasteiger partial charge in [-0.2, -0.15) is 0 Å². The van der Waals surface area contributed by atoms with Crippen LogP contribution in [-0.2, 0) is 0 Å². The number of hydrogen-bond acceptors (Lipinski definition) is 6. The lowest BCUT2D eigenvalue weighted by molar-refractivity contribution is 0.00277. The second kappa shape index (κ2) is 5.64. The van der Waals surface area contributed by atoms with Gasteiger partial charge < -0.3 is 25.8 Å². The molecule has 6 nitrogen and oxygen atoms in total. The molecule has 0 aliphatic rings. The normalized spacial score (nSPS) is 14.5. The average molecular weight is 228 g/mol. The Hall–Kier alpha value is -1.37. The second-order valence-corrected chi connectivity index (χ2v) is 3.39. The number of methoxy groups -OCH3 is 1. The van der Waals surface area contributed by atoms with Crippen molar-refractivity contribution < 1.29 is 20.1 Å². The molecule has 1 rings (SSSR count). The number of aliphatic hydroxyl groups is 3. The molecular formula is C10H16N2O4. The van der Waals surface area contributed by atoms with E-state index < -0.39 is 12.2 Å². The van der Waals surface area contributed by atoms with Crippen LogP contribution in [0.5, 0.6) is 5.88 Å². The predicted octanol–water partition coefficient (Wildman–Crippen LogP) is -0.551. The van der Waals surface area contributed by atoms with Crippen LogP contribution in [0.25, 0.3) is 0 Å². The number of pyridine rings is 1. The van der Waals surface area contributed by atoms with E-state index in [-0.39, 0.29) is 18.9 Å². The lowest BCUT2D eigenvalue weighted by Crippen LogP contribution is -2.20. The Kier molecular flexibility index (Phi) is 4.48. The zero-order valence-corrected chi connectivity index (χ0v) is 9.00. The molecule has 0 saturated carbocycles. The van der Waals surface area contributed by atoms with Crippen molar-refractivity contribution in [3.05, 3.63) is 17.8 Å². The number of aromatic nitrogens is 1. The Bertz CT molecular complexity index is 346. The van der Waals surface area contributed by atoms with Gasteiger partial charge >= 0.3 is 0 Å². The topological polar surface area (TPSA) is 109 Å². The van der Waals surface area contributed by atoms with Gasteiger partial charge in [0.05, 0.1) is 25.1 Å². The van der Waals surface area contributed by atoms with Gasteiger partial charge in [-0.15, -0.1) is 0 Å². The van der Waals surface area contributed by atoms with Crippen molar-refractivity contribution in [2.75, 3.05) is 19.5 Å². The summed E-state index contributed by atoms with van der Waals surface area (Å²) < 4.78 is 4.95. The van der Waals surface area contributed by atoms with Crippen LogP contribution in [0.3, 0.4) is 0 Å². The number of aliphatic hydroxyl groups excluding tert-OH is 3. The maximum Gasteiger partial charge on any atom is 0.219 e. The molecule has 1 heterocycles. The number of nitrogens with two attached hydrogens (primary N) is 1. The average Bonchev–Trinajstić information content (AvgIpc) is 2.28. The van der Waals surface area contributed by atoms with Gasteiger partial charge in [0.15, 0.2) is 0 Å². The Morgan fingerprint density at radius 3 is 2.75 bits per heavy atom. The van der Waals surface area contributed by atoms with Gasteiger partial charge in [0.1, 0.15) is 6.10 Å². The molecule has 0 aromatic carbocycles. The molecule has 6 heteroatoms. The summed E-state index contributed by atoms with van der Waals surface area (Å²) in [7, 11) is 1.41. The van der Waals surface area contributed by atoms with Gasteiger partial charge in [0.25, 0.3) is 0 Å². The molecular weight excluding hydrogens is 212 g/mol. The quantitative estimate of drug-likeness (QED) is 0.538. The molecule has 0 bridgehead atoms. The third-order valence-electron chi connectivity index (χ3n) is 2.20. The van der Waals surface area contributed by atoms with Crippen molar-refractivity contribution in [2.45, 2.75) is 18.6 Å². The molecule has 2 unspecified atom stereocenters. The lowest BCUT2D eigenvalue weighted by atomic mass is 10.0. The summed E-state index contributed by atoms with van der Waals surface area (Å²) in [4.78, 5) is 3.88. The van der Waals surface area contributed by atoms with E-state index in [0.29, 0.717) is 11.3 Å². The fourth-order valence-corrected chi connectivity index (χ4v) is 1.37. The zero-order valence-electron chi connectivity index (χ0n) is 9.00. The largest absolute Gasteiger partial charge is 0.481 e. The van der Waals surface area contributed by atoms with E-state index in [1.54, 1.807) is 0 Å². The SMILES string of the molecule is COc1ncc(N)cc1C(O)C(O)CCO. The zero-order chi connectivity index (χ0) is 12.1. The molecule has 1 aromatic heterocycles. The van der Waals surface area contributed by atoms with Crippen LogP contribution in [-0.4, -0.2) is 40.1 Å². The fourth-order valence-electron chi connectivity index (χ4n) is 1.37. The molecule has 16 heavy (non-hydrogen) atoms. The third-order valence-corrected chi connectivity index (χ3v) is 2.20. The summed E-state index contributed by atoms with van der Waals surface area (Å²) in [5.74, 6) is 0.207. The molecule has 2 atom stereocenters. The molecule has 90 valence electrons. The van der Waals surface area contributed by atoms with Crippen molar-refractivity contribution in [3.63, 3.8) is 0 Å². The van der Waals surface area contributed by atoms with E-state index in [0.717, 1.165) is 0 Å². The van der Waals surface area contributed by atoms with Gasteiger partial charge in [-0.3, -0.25) is 0 Å². The van der Waals surface area contributed by atoms with E-state index in [1.165, 1.54) is 19.4 Å². The highest BCUT2D eigenvalue weighted by Crippen LogP contribution is 2.27. The summed E-state index contributed by atoms with van der Waals surface area (Å²) in [5.41, 5.74) is 6.21. The summed E-state index contributed by atoms with van der Waals surface area (Å²) >= 11 is 0. The molecule has 1 aromatic rings. The van der Waals surface area contributed by atoms with Crippen LogP contribution in [0.2, 0.25) is 0 Å². The van der Waals surface area contributed by atoms with Crippen molar-refractivity contribution in [3.8, 4) is 5.88 Å². The van der Waals surface area contributed by atoms with Crippen LogP contribution in [0.4, 0.5) is 5.69 Å². The molecule has 5 N–H and O–H groups in total. The number of ether oxygens (including phenoxy) is 1.